The van der Waals surface area contributed by atoms with Crippen LogP contribution in [-0.2, 0) is 0 Å². The third-order valence-electron chi connectivity index (χ3n) is 3.35. The Kier molecular flexibility index (Phi) is 3.90. The number of aryl methyl sites for hydroxylation is 1. The number of carbonyl (C=O) groups is 1. The zero-order valence-electron chi connectivity index (χ0n) is 11.4. The van der Waals surface area contributed by atoms with Gasteiger partial charge in [0, 0.05) is 7.05 Å². The second-order valence-electron chi connectivity index (χ2n) is 4.71. The number of nitrogens with two attached hydrogens (primary N) is 1. The van der Waals surface area contributed by atoms with Gasteiger partial charge in [-0.15, -0.1) is 11.3 Å². The highest BCUT2D eigenvalue weighted by Gasteiger charge is 2.21. The summed E-state index contributed by atoms with van der Waals surface area (Å²) in [5, 5.41) is 1.84. The molecular weight excluding hydrogens is 256 g/mol. The fourth-order valence-corrected chi connectivity index (χ4v) is 2.70. The maximum Gasteiger partial charge on any atom is 0.266 e. The Balaban J connectivity index is 2.19. The van der Waals surface area contributed by atoms with E-state index >= 15 is 0 Å². The highest BCUT2D eigenvalue weighted by atomic mass is 32.1. The molecule has 1 heterocycles. The molecule has 4 heteroatoms. The molecule has 0 bridgehead atoms. The number of nitrogens with zero attached hydrogens (tertiary/aromatic N) is 1. The Morgan fingerprint density at radius 3 is 2.42 bits per heavy atom. The first-order valence-electron chi connectivity index (χ1n) is 6.17. The third kappa shape index (κ3) is 2.79. The highest BCUT2D eigenvalue weighted by molar-refractivity contribution is 7.12. The Morgan fingerprint density at radius 2 is 1.89 bits per heavy atom. The van der Waals surface area contributed by atoms with Gasteiger partial charge in [0.15, 0.2) is 0 Å². The van der Waals surface area contributed by atoms with Crippen molar-refractivity contribution in [2.75, 3.05) is 12.8 Å². The lowest BCUT2D eigenvalue weighted by molar-refractivity contribution is 0.0748. The van der Waals surface area contributed by atoms with Crippen LogP contribution in [0, 0.1) is 6.92 Å². The van der Waals surface area contributed by atoms with Crippen LogP contribution in [0.5, 0.6) is 0 Å². The predicted molar refractivity (Wildman–Crippen MR) is 80.4 cm³/mol. The maximum absolute atomic E-state index is 12.4. The first-order chi connectivity index (χ1) is 9.00. The van der Waals surface area contributed by atoms with E-state index in [0.717, 1.165) is 5.56 Å². The molecule has 0 saturated heterocycles. The number of amides is 1. The Labute approximate surface area is 117 Å². The van der Waals surface area contributed by atoms with Crippen LogP contribution in [0.2, 0.25) is 0 Å². The van der Waals surface area contributed by atoms with Crippen molar-refractivity contribution in [3.63, 3.8) is 0 Å². The second-order valence-corrected chi connectivity index (χ2v) is 5.62. The van der Waals surface area contributed by atoms with Gasteiger partial charge in [0.2, 0.25) is 0 Å². The van der Waals surface area contributed by atoms with Crippen molar-refractivity contribution >= 4 is 22.9 Å². The zero-order valence-corrected chi connectivity index (χ0v) is 12.2. The van der Waals surface area contributed by atoms with Gasteiger partial charge in [0.1, 0.15) is 4.88 Å². The van der Waals surface area contributed by atoms with Gasteiger partial charge in [-0.3, -0.25) is 4.79 Å². The quantitative estimate of drug-likeness (QED) is 0.931. The summed E-state index contributed by atoms with van der Waals surface area (Å²) in [6.07, 6.45) is 0. The zero-order chi connectivity index (χ0) is 14.0. The maximum atomic E-state index is 12.4. The van der Waals surface area contributed by atoms with Gasteiger partial charge in [-0.2, -0.15) is 0 Å². The summed E-state index contributed by atoms with van der Waals surface area (Å²) in [6, 6.07) is 10.0. The number of hydrogen-bond donors (Lipinski definition) is 1. The van der Waals surface area contributed by atoms with Crippen LogP contribution in [0.4, 0.5) is 5.69 Å². The Bertz CT molecular complexity index is 574. The average molecular weight is 274 g/mol. The number of nitrogen functional groups attached to an aromatic ring is 1. The van der Waals surface area contributed by atoms with Gasteiger partial charge in [-0.1, -0.05) is 29.8 Å². The molecule has 0 aliphatic heterocycles. The summed E-state index contributed by atoms with van der Waals surface area (Å²) in [4.78, 5) is 14.7. The first-order valence-corrected chi connectivity index (χ1v) is 7.05. The molecule has 1 aromatic carbocycles. The second kappa shape index (κ2) is 5.45. The molecule has 19 heavy (non-hydrogen) atoms. The largest absolute Gasteiger partial charge is 0.397 e. The molecule has 1 atom stereocenters. The number of rotatable bonds is 3. The summed E-state index contributed by atoms with van der Waals surface area (Å²) in [5.74, 6) is -0.0272. The van der Waals surface area contributed by atoms with E-state index in [1.165, 1.54) is 16.9 Å². The number of anilines is 1. The summed E-state index contributed by atoms with van der Waals surface area (Å²) in [5.41, 5.74) is 8.69. The monoisotopic (exact) mass is 274 g/mol. The minimum absolute atomic E-state index is 0.0228. The Hall–Kier alpha value is -1.81. The van der Waals surface area contributed by atoms with Crippen molar-refractivity contribution in [3.8, 4) is 0 Å². The van der Waals surface area contributed by atoms with E-state index in [9.17, 15) is 4.79 Å². The molecule has 100 valence electrons. The smallest absolute Gasteiger partial charge is 0.266 e. The van der Waals surface area contributed by atoms with E-state index in [2.05, 4.69) is 31.2 Å². The highest BCUT2D eigenvalue weighted by Crippen LogP contribution is 2.25. The molecule has 0 saturated carbocycles. The van der Waals surface area contributed by atoms with Crippen molar-refractivity contribution in [1.82, 2.24) is 4.90 Å². The van der Waals surface area contributed by atoms with Crippen LogP contribution in [0.1, 0.15) is 33.8 Å². The predicted octanol–water partition coefficient (Wildman–Crippen LogP) is 3.47. The molecule has 2 rings (SSSR count). The van der Waals surface area contributed by atoms with Gasteiger partial charge in [0.05, 0.1) is 11.7 Å². The van der Waals surface area contributed by atoms with E-state index in [4.69, 9.17) is 5.73 Å². The van der Waals surface area contributed by atoms with Crippen molar-refractivity contribution in [3.05, 3.63) is 51.7 Å². The molecule has 1 amide bonds. The minimum atomic E-state index is -0.0272. The summed E-state index contributed by atoms with van der Waals surface area (Å²) >= 11 is 1.38. The molecule has 2 aromatic rings. The van der Waals surface area contributed by atoms with Crippen molar-refractivity contribution < 1.29 is 4.79 Å². The number of carbonyl (C=O) groups excluding carboxylic acids is 1. The molecule has 0 radical (unpaired) electrons. The first kappa shape index (κ1) is 13.6. The lowest BCUT2D eigenvalue weighted by Gasteiger charge is -2.25. The summed E-state index contributed by atoms with van der Waals surface area (Å²) < 4.78 is 0. The SMILES string of the molecule is Cc1ccc(C(C)N(C)C(=O)c2sccc2N)cc1. The van der Waals surface area contributed by atoms with Gasteiger partial charge in [-0.25, -0.2) is 0 Å². The van der Waals surface area contributed by atoms with Crippen LogP contribution in [0.25, 0.3) is 0 Å². The number of benzene rings is 1. The lowest BCUT2D eigenvalue weighted by Crippen LogP contribution is -2.29. The van der Waals surface area contributed by atoms with Crippen LogP contribution >= 0.6 is 11.3 Å². The fourth-order valence-electron chi connectivity index (χ4n) is 1.90. The number of hydrogen-bond acceptors (Lipinski definition) is 3. The van der Waals surface area contributed by atoms with E-state index < -0.39 is 0 Å². The molecule has 0 aliphatic rings. The van der Waals surface area contributed by atoms with E-state index in [1.807, 2.05) is 19.4 Å². The molecule has 0 aliphatic carbocycles. The molecule has 0 spiro atoms. The van der Waals surface area contributed by atoms with Crippen molar-refractivity contribution in [2.24, 2.45) is 0 Å². The third-order valence-corrected chi connectivity index (χ3v) is 4.27. The number of thiophene rings is 1. The molecular formula is C15H18N2OS. The topological polar surface area (TPSA) is 46.3 Å². The molecule has 2 N–H and O–H groups in total. The molecule has 1 aromatic heterocycles. The van der Waals surface area contributed by atoms with Gasteiger partial charge in [0.25, 0.3) is 5.91 Å². The normalized spacial score (nSPS) is 12.2. The van der Waals surface area contributed by atoms with Gasteiger partial charge >= 0.3 is 0 Å². The average Bonchev–Trinajstić information content (AvgIpc) is 2.83. The molecule has 0 fully saturated rings. The summed E-state index contributed by atoms with van der Waals surface area (Å²) in [7, 11) is 1.81. The van der Waals surface area contributed by atoms with Gasteiger partial charge in [-0.05, 0) is 30.9 Å². The lowest BCUT2D eigenvalue weighted by atomic mass is 10.1. The molecule has 1 unspecified atom stereocenters. The Morgan fingerprint density at radius 1 is 1.26 bits per heavy atom. The van der Waals surface area contributed by atoms with Gasteiger partial charge < -0.3 is 10.6 Å². The van der Waals surface area contributed by atoms with E-state index in [-0.39, 0.29) is 11.9 Å². The van der Waals surface area contributed by atoms with Crippen LogP contribution in [0.3, 0.4) is 0 Å². The van der Waals surface area contributed by atoms with Crippen LogP contribution < -0.4 is 5.73 Å². The minimum Gasteiger partial charge on any atom is -0.397 e. The van der Waals surface area contributed by atoms with E-state index in [0.29, 0.717) is 10.6 Å². The van der Waals surface area contributed by atoms with Crippen LogP contribution in [0.15, 0.2) is 35.7 Å². The molecule has 3 nitrogen and oxygen atoms in total. The van der Waals surface area contributed by atoms with Crippen LogP contribution in [-0.4, -0.2) is 17.9 Å². The van der Waals surface area contributed by atoms with E-state index in [1.54, 1.807) is 11.0 Å². The standard InChI is InChI=1S/C15H18N2OS/c1-10-4-6-12(7-5-10)11(2)17(3)15(18)14-13(16)8-9-19-14/h4-9,11H,16H2,1-3H3. The van der Waals surface area contributed by atoms with Crippen molar-refractivity contribution in [2.45, 2.75) is 19.9 Å². The van der Waals surface area contributed by atoms with Crippen molar-refractivity contribution in [1.29, 1.82) is 0 Å². The fraction of sp³-hybridized carbons (Fsp3) is 0.267. The summed E-state index contributed by atoms with van der Waals surface area (Å²) in [6.45, 7) is 4.07.